The van der Waals surface area contributed by atoms with Crippen molar-refractivity contribution in [2.75, 3.05) is 13.2 Å². The standard InChI is InChI=1S/C38H49NO10/c1-27(40)39-33(24-16-8-6-4-5-7-15-22-32(43)23-17-25-46-28(2)41)35(48-37(44)30-18-11-9-12-19-30)36(34(39)26-47-29(3)42)49-38(45)31-20-13-10-14-21-31/h9-14,18-21,33-36H,4-8,15-17,22-26H2,1-3H3/t33-,34-,35-,36-/m1/s1. The predicted octanol–water partition coefficient (Wildman–Crippen LogP) is 6.02. The average Bonchev–Trinajstić information content (AvgIpc) is 3.36. The van der Waals surface area contributed by atoms with Crippen molar-refractivity contribution >= 4 is 35.6 Å². The number of likely N-dealkylation sites (tertiary alicyclic amines) is 1. The van der Waals surface area contributed by atoms with Gasteiger partial charge >= 0.3 is 23.9 Å². The van der Waals surface area contributed by atoms with Gasteiger partial charge in [0.15, 0.2) is 12.2 Å². The number of benzene rings is 2. The van der Waals surface area contributed by atoms with Crippen LogP contribution in [0.5, 0.6) is 0 Å². The van der Waals surface area contributed by atoms with Crippen LogP contribution in [0, 0.1) is 0 Å². The molecule has 266 valence electrons. The van der Waals surface area contributed by atoms with Gasteiger partial charge < -0.3 is 23.8 Å². The van der Waals surface area contributed by atoms with Gasteiger partial charge in [0.2, 0.25) is 5.91 Å². The monoisotopic (exact) mass is 679 g/mol. The number of carbonyl (C=O) groups excluding carboxylic acids is 6. The Balaban J connectivity index is 1.64. The zero-order chi connectivity index (χ0) is 35.6. The first kappa shape index (κ1) is 38.9. The molecule has 49 heavy (non-hydrogen) atoms. The van der Waals surface area contributed by atoms with Crippen molar-refractivity contribution in [2.45, 2.75) is 116 Å². The van der Waals surface area contributed by atoms with Crippen molar-refractivity contribution in [3.05, 3.63) is 71.8 Å². The number of amides is 1. The van der Waals surface area contributed by atoms with Crippen LogP contribution in [0.25, 0.3) is 0 Å². The molecule has 1 saturated heterocycles. The van der Waals surface area contributed by atoms with Gasteiger partial charge in [-0.25, -0.2) is 9.59 Å². The molecule has 2 aromatic rings. The highest BCUT2D eigenvalue weighted by atomic mass is 16.6. The van der Waals surface area contributed by atoms with E-state index in [0.29, 0.717) is 43.2 Å². The number of hydrogen-bond donors (Lipinski definition) is 0. The Morgan fingerprint density at radius 2 is 1.04 bits per heavy atom. The second-order valence-corrected chi connectivity index (χ2v) is 12.3. The molecule has 11 heteroatoms. The Labute approximate surface area is 288 Å². The highest BCUT2D eigenvalue weighted by molar-refractivity contribution is 5.90. The lowest BCUT2D eigenvalue weighted by Gasteiger charge is -2.29. The van der Waals surface area contributed by atoms with E-state index in [0.717, 1.165) is 38.5 Å². The van der Waals surface area contributed by atoms with Crippen LogP contribution in [0.4, 0.5) is 0 Å². The number of carbonyl (C=O) groups is 6. The minimum absolute atomic E-state index is 0.181. The van der Waals surface area contributed by atoms with E-state index < -0.39 is 42.2 Å². The largest absolute Gasteiger partial charge is 0.466 e. The van der Waals surface area contributed by atoms with Crippen LogP contribution < -0.4 is 0 Å². The molecule has 11 nitrogen and oxygen atoms in total. The van der Waals surface area contributed by atoms with Gasteiger partial charge in [0.25, 0.3) is 0 Å². The fourth-order valence-corrected chi connectivity index (χ4v) is 6.14. The lowest BCUT2D eigenvalue weighted by Crippen LogP contribution is -2.46. The van der Waals surface area contributed by atoms with Gasteiger partial charge in [-0.15, -0.1) is 0 Å². The van der Waals surface area contributed by atoms with E-state index in [2.05, 4.69) is 0 Å². The number of ketones is 1. The molecule has 1 fully saturated rings. The molecule has 1 aliphatic heterocycles. The number of unbranched alkanes of at least 4 members (excludes halogenated alkanes) is 6. The van der Waals surface area contributed by atoms with Gasteiger partial charge in [0.05, 0.1) is 23.8 Å². The summed E-state index contributed by atoms with van der Waals surface area (Å²) in [4.78, 5) is 76.0. The molecule has 1 heterocycles. The Morgan fingerprint density at radius 3 is 1.55 bits per heavy atom. The number of rotatable bonds is 20. The minimum Gasteiger partial charge on any atom is -0.466 e. The van der Waals surface area contributed by atoms with Gasteiger partial charge in [-0.3, -0.25) is 19.2 Å². The van der Waals surface area contributed by atoms with Crippen LogP contribution in [0.2, 0.25) is 0 Å². The van der Waals surface area contributed by atoms with E-state index in [1.54, 1.807) is 60.7 Å². The third-order valence-electron chi connectivity index (χ3n) is 8.48. The van der Waals surface area contributed by atoms with Crippen molar-refractivity contribution in [1.29, 1.82) is 0 Å². The highest BCUT2D eigenvalue weighted by Crippen LogP contribution is 2.35. The first-order valence-corrected chi connectivity index (χ1v) is 17.2. The molecule has 0 N–H and O–H groups in total. The molecule has 2 aromatic carbocycles. The predicted molar refractivity (Wildman–Crippen MR) is 180 cm³/mol. The number of ether oxygens (including phenoxy) is 4. The topological polar surface area (TPSA) is 143 Å². The van der Waals surface area contributed by atoms with Crippen LogP contribution in [0.15, 0.2) is 60.7 Å². The summed E-state index contributed by atoms with van der Waals surface area (Å²) in [6, 6.07) is 15.4. The van der Waals surface area contributed by atoms with Crippen LogP contribution in [0.1, 0.15) is 112 Å². The number of esters is 4. The summed E-state index contributed by atoms with van der Waals surface area (Å²) in [5.74, 6) is -2.29. The third-order valence-corrected chi connectivity index (χ3v) is 8.48. The third kappa shape index (κ3) is 13.1. The van der Waals surface area contributed by atoms with E-state index in [1.807, 2.05) is 0 Å². The van der Waals surface area contributed by atoms with E-state index in [-0.39, 0.29) is 30.9 Å². The van der Waals surface area contributed by atoms with Crippen LogP contribution in [-0.4, -0.2) is 78.0 Å². The van der Waals surface area contributed by atoms with Crippen LogP contribution >= 0.6 is 0 Å². The van der Waals surface area contributed by atoms with E-state index in [9.17, 15) is 28.8 Å². The molecule has 1 aliphatic rings. The zero-order valence-corrected chi connectivity index (χ0v) is 28.8. The van der Waals surface area contributed by atoms with Gasteiger partial charge in [-0.1, -0.05) is 74.9 Å². The molecule has 0 aliphatic carbocycles. The lowest BCUT2D eigenvalue weighted by atomic mass is 10.00. The van der Waals surface area contributed by atoms with Crippen molar-refractivity contribution < 1.29 is 47.7 Å². The summed E-state index contributed by atoms with van der Waals surface area (Å²) in [5, 5.41) is 0. The molecule has 0 bridgehead atoms. The normalized spacial score (nSPS) is 18.4. The molecule has 0 radical (unpaired) electrons. The Morgan fingerprint density at radius 1 is 0.571 bits per heavy atom. The quantitative estimate of drug-likeness (QED) is 0.0926. The van der Waals surface area contributed by atoms with E-state index >= 15 is 0 Å². The molecule has 3 rings (SSSR count). The van der Waals surface area contributed by atoms with Crippen LogP contribution in [0.3, 0.4) is 0 Å². The Bertz CT molecular complexity index is 1380. The van der Waals surface area contributed by atoms with E-state index in [4.69, 9.17) is 18.9 Å². The average molecular weight is 680 g/mol. The van der Waals surface area contributed by atoms with E-state index in [1.165, 1.54) is 25.7 Å². The molecule has 1 amide bonds. The van der Waals surface area contributed by atoms with Gasteiger partial charge in [-0.05, 0) is 43.5 Å². The summed E-state index contributed by atoms with van der Waals surface area (Å²) < 4.78 is 22.3. The molecule has 0 unspecified atom stereocenters. The summed E-state index contributed by atoms with van der Waals surface area (Å²) in [5.41, 5.74) is 0.610. The van der Waals surface area contributed by atoms with Crippen molar-refractivity contribution in [3.63, 3.8) is 0 Å². The first-order chi connectivity index (χ1) is 23.6. The maximum atomic E-state index is 13.3. The van der Waals surface area contributed by atoms with Gasteiger partial charge in [0, 0.05) is 33.6 Å². The number of nitrogens with zero attached hydrogens (tertiary/aromatic N) is 1. The molecule has 0 spiro atoms. The molecule has 4 atom stereocenters. The van der Waals surface area contributed by atoms with Crippen LogP contribution in [-0.2, 0) is 38.1 Å². The van der Waals surface area contributed by atoms with Gasteiger partial charge in [-0.2, -0.15) is 0 Å². The smallest absolute Gasteiger partial charge is 0.338 e. The summed E-state index contributed by atoms with van der Waals surface area (Å²) in [6.45, 7) is 4.05. The summed E-state index contributed by atoms with van der Waals surface area (Å²) >= 11 is 0. The Kier molecular flexibility index (Phi) is 16.5. The Hall–Kier alpha value is -4.54. The molecular formula is C38H49NO10. The van der Waals surface area contributed by atoms with Gasteiger partial charge in [0.1, 0.15) is 18.4 Å². The second-order valence-electron chi connectivity index (χ2n) is 12.3. The summed E-state index contributed by atoms with van der Waals surface area (Å²) in [7, 11) is 0. The second kappa shape index (κ2) is 20.7. The first-order valence-electron chi connectivity index (χ1n) is 17.2. The van der Waals surface area contributed by atoms with Crippen molar-refractivity contribution in [2.24, 2.45) is 0 Å². The number of hydrogen-bond acceptors (Lipinski definition) is 10. The SMILES string of the molecule is CC(=O)OCCCC(=O)CCCCCCCCC[C@@H]1[C@@H](OC(=O)c2ccccc2)[C@H](OC(=O)c2ccccc2)[C@@H](COC(C)=O)N1C(C)=O. The van der Waals surface area contributed by atoms with Crippen molar-refractivity contribution in [3.8, 4) is 0 Å². The minimum atomic E-state index is -1.09. The number of Topliss-reactive ketones (excluding diaryl/α,β-unsaturated/α-hetero) is 1. The molecule has 0 saturated carbocycles. The fourth-order valence-electron chi connectivity index (χ4n) is 6.14. The summed E-state index contributed by atoms with van der Waals surface area (Å²) in [6.07, 6.45) is 6.14. The zero-order valence-electron chi connectivity index (χ0n) is 28.8. The molecule has 0 aromatic heterocycles. The fraction of sp³-hybridized carbons (Fsp3) is 0.526. The molecular weight excluding hydrogens is 630 g/mol. The van der Waals surface area contributed by atoms with Crippen molar-refractivity contribution in [1.82, 2.24) is 4.90 Å². The maximum Gasteiger partial charge on any atom is 0.338 e. The highest BCUT2D eigenvalue weighted by Gasteiger charge is 2.54. The maximum absolute atomic E-state index is 13.3. The lowest BCUT2D eigenvalue weighted by molar-refractivity contribution is -0.147.